The molecule has 0 aromatic rings. The van der Waals surface area contributed by atoms with Crippen molar-refractivity contribution in [3.63, 3.8) is 0 Å². The van der Waals surface area contributed by atoms with Crippen molar-refractivity contribution in [1.29, 1.82) is 0 Å². The summed E-state index contributed by atoms with van der Waals surface area (Å²) in [7, 11) is 4.22. The van der Waals surface area contributed by atoms with E-state index in [-0.39, 0.29) is 0 Å². The van der Waals surface area contributed by atoms with Crippen molar-refractivity contribution in [1.82, 2.24) is 14.7 Å². The maximum Gasteiger partial charge on any atom is 0.222 e. The number of rotatable bonds is 6. The normalized spacial score (nSPS) is 27.5. The second-order valence-electron chi connectivity index (χ2n) is 9.35. The maximum absolute atomic E-state index is 12.7. The number of carbonyl (C=O) groups is 1. The predicted molar refractivity (Wildman–Crippen MR) is 108 cm³/mol. The molecule has 2 aliphatic heterocycles. The Morgan fingerprint density at radius 1 is 0.923 bits per heavy atom. The summed E-state index contributed by atoms with van der Waals surface area (Å²) in [6.45, 7) is 6.10. The third-order valence-electron chi connectivity index (χ3n) is 7.24. The van der Waals surface area contributed by atoms with Crippen molar-refractivity contribution in [3.8, 4) is 0 Å². The molecule has 1 saturated carbocycles. The maximum atomic E-state index is 12.7. The highest BCUT2D eigenvalue weighted by Crippen LogP contribution is 2.28. The molecule has 0 aromatic heterocycles. The Morgan fingerprint density at radius 2 is 1.62 bits per heavy atom. The molecule has 2 heterocycles. The highest BCUT2D eigenvalue weighted by molar-refractivity contribution is 5.76. The number of hydrogen-bond donors (Lipinski definition) is 0. The summed E-state index contributed by atoms with van der Waals surface area (Å²) < 4.78 is 0. The molecule has 1 amide bonds. The molecule has 2 saturated heterocycles. The van der Waals surface area contributed by atoms with Crippen molar-refractivity contribution >= 4 is 5.91 Å². The van der Waals surface area contributed by atoms with E-state index in [1.165, 1.54) is 64.6 Å². The van der Waals surface area contributed by atoms with Crippen LogP contribution in [0.5, 0.6) is 0 Å². The van der Waals surface area contributed by atoms with E-state index in [2.05, 4.69) is 21.7 Å². The van der Waals surface area contributed by atoms with Crippen LogP contribution in [0.25, 0.3) is 0 Å². The van der Waals surface area contributed by atoms with Gasteiger partial charge in [0.25, 0.3) is 0 Å². The second-order valence-corrected chi connectivity index (χ2v) is 9.35. The molecular formula is C22H41N3O. The van der Waals surface area contributed by atoms with E-state index in [0.29, 0.717) is 11.9 Å². The minimum Gasteiger partial charge on any atom is -0.343 e. The van der Waals surface area contributed by atoms with Crippen LogP contribution in [0.4, 0.5) is 0 Å². The van der Waals surface area contributed by atoms with Crippen molar-refractivity contribution in [2.45, 2.75) is 76.7 Å². The molecule has 0 radical (unpaired) electrons. The van der Waals surface area contributed by atoms with E-state index in [0.717, 1.165) is 50.6 Å². The monoisotopic (exact) mass is 363 g/mol. The fourth-order valence-corrected chi connectivity index (χ4v) is 5.38. The zero-order valence-electron chi connectivity index (χ0n) is 17.3. The largest absolute Gasteiger partial charge is 0.343 e. The Morgan fingerprint density at radius 3 is 2.35 bits per heavy atom. The van der Waals surface area contributed by atoms with Crippen LogP contribution in [-0.2, 0) is 4.79 Å². The SMILES string of the molecule is CN1CCC(N(C)C(=O)CC[C@H]2CCCN(CC3CCCCC3)C2)CC1. The number of hydrogen-bond acceptors (Lipinski definition) is 3. The molecule has 1 atom stereocenters. The van der Waals surface area contributed by atoms with E-state index < -0.39 is 0 Å². The van der Waals surface area contributed by atoms with E-state index in [1.54, 1.807) is 0 Å². The molecule has 3 fully saturated rings. The van der Waals surface area contributed by atoms with E-state index >= 15 is 0 Å². The summed E-state index contributed by atoms with van der Waals surface area (Å²) in [5, 5.41) is 0. The highest BCUT2D eigenvalue weighted by Gasteiger charge is 2.26. The molecule has 0 aromatic carbocycles. The lowest BCUT2D eigenvalue weighted by Crippen LogP contribution is -2.44. The van der Waals surface area contributed by atoms with Crippen LogP contribution in [0.3, 0.4) is 0 Å². The zero-order chi connectivity index (χ0) is 18.4. The number of piperidine rings is 2. The molecule has 0 bridgehead atoms. The lowest BCUT2D eigenvalue weighted by atomic mass is 9.87. The average Bonchev–Trinajstić information content (AvgIpc) is 2.67. The molecule has 3 aliphatic rings. The van der Waals surface area contributed by atoms with Crippen LogP contribution in [0.2, 0.25) is 0 Å². The molecule has 4 heteroatoms. The zero-order valence-corrected chi connectivity index (χ0v) is 17.3. The summed E-state index contributed by atoms with van der Waals surface area (Å²) in [6.07, 6.45) is 14.0. The quantitative estimate of drug-likeness (QED) is 0.721. The van der Waals surface area contributed by atoms with Gasteiger partial charge in [-0.15, -0.1) is 0 Å². The molecule has 150 valence electrons. The number of nitrogens with zero attached hydrogens (tertiary/aromatic N) is 3. The van der Waals surface area contributed by atoms with Crippen LogP contribution in [-0.4, -0.2) is 73.5 Å². The summed E-state index contributed by atoms with van der Waals surface area (Å²) in [5.41, 5.74) is 0. The molecule has 0 unspecified atom stereocenters. The Hall–Kier alpha value is -0.610. The Labute approximate surface area is 161 Å². The van der Waals surface area contributed by atoms with Gasteiger partial charge in [-0.1, -0.05) is 19.3 Å². The van der Waals surface area contributed by atoms with Gasteiger partial charge in [0.05, 0.1) is 0 Å². The van der Waals surface area contributed by atoms with Crippen LogP contribution in [0, 0.1) is 11.8 Å². The summed E-state index contributed by atoms with van der Waals surface area (Å²) in [4.78, 5) is 19.8. The van der Waals surface area contributed by atoms with Gasteiger partial charge in [0.2, 0.25) is 5.91 Å². The molecule has 0 spiro atoms. The van der Waals surface area contributed by atoms with Crippen molar-refractivity contribution in [2.75, 3.05) is 46.8 Å². The first kappa shape index (κ1) is 20.1. The van der Waals surface area contributed by atoms with Crippen molar-refractivity contribution in [2.24, 2.45) is 11.8 Å². The molecular weight excluding hydrogens is 322 g/mol. The fourth-order valence-electron chi connectivity index (χ4n) is 5.38. The highest BCUT2D eigenvalue weighted by atomic mass is 16.2. The molecule has 1 aliphatic carbocycles. The number of amides is 1. The minimum atomic E-state index is 0.379. The number of carbonyl (C=O) groups excluding carboxylic acids is 1. The summed E-state index contributed by atoms with van der Waals surface area (Å²) >= 11 is 0. The van der Waals surface area contributed by atoms with E-state index in [1.807, 2.05) is 7.05 Å². The first-order chi connectivity index (χ1) is 12.6. The van der Waals surface area contributed by atoms with Crippen LogP contribution >= 0.6 is 0 Å². The topological polar surface area (TPSA) is 26.8 Å². The second kappa shape index (κ2) is 10.1. The van der Waals surface area contributed by atoms with Gasteiger partial charge in [-0.2, -0.15) is 0 Å². The van der Waals surface area contributed by atoms with E-state index in [9.17, 15) is 4.79 Å². The van der Waals surface area contributed by atoms with Gasteiger partial charge in [-0.05, 0) is 83.5 Å². The first-order valence-corrected chi connectivity index (χ1v) is 11.3. The van der Waals surface area contributed by atoms with Crippen LogP contribution in [0.15, 0.2) is 0 Å². The van der Waals surface area contributed by atoms with Crippen LogP contribution in [0.1, 0.15) is 70.6 Å². The van der Waals surface area contributed by atoms with Gasteiger partial charge in [0.1, 0.15) is 0 Å². The molecule has 3 rings (SSSR count). The molecule has 0 N–H and O–H groups in total. The van der Waals surface area contributed by atoms with Crippen molar-refractivity contribution in [3.05, 3.63) is 0 Å². The first-order valence-electron chi connectivity index (χ1n) is 11.3. The average molecular weight is 364 g/mol. The summed E-state index contributed by atoms with van der Waals surface area (Å²) in [6, 6.07) is 0.466. The van der Waals surface area contributed by atoms with Gasteiger partial charge in [-0.3, -0.25) is 4.79 Å². The lowest BCUT2D eigenvalue weighted by Gasteiger charge is -2.37. The third-order valence-corrected chi connectivity index (χ3v) is 7.24. The van der Waals surface area contributed by atoms with Crippen molar-refractivity contribution < 1.29 is 4.79 Å². The fraction of sp³-hybridized carbons (Fsp3) is 0.955. The minimum absolute atomic E-state index is 0.379. The van der Waals surface area contributed by atoms with Gasteiger partial charge >= 0.3 is 0 Å². The third kappa shape index (κ3) is 5.95. The number of likely N-dealkylation sites (tertiary alicyclic amines) is 2. The smallest absolute Gasteiger partial charge is 0.222 e. The van der Waals surface area contributed by atoms with Gasteiger partial charge in [-0.25, -0.2) is 0 Å². The van der Waals surface area contributed by atoms with Crippen LogP contribution < -0.4 is 0 Å². The molecule has 4 nitrogen and oxygen atoms in total. The Bertz CT molecular complexity index is 427. The van der Waals surface area contributed by atoms with Gasteiger partial charge < -0.3 is 14.7 Å². The Kier molecular flexibility index (Phi) is 7.80. The standard InChI is InChI=1S/C22H41N3O/c1-23-15-12-21(13-16-23)24(2)22(26)11-10-20-9-6-14-25(18-20)17-19-7-4-3-5-8-19/h19-21H,3-18H2,1-2H3/t20-/m1/s1. The predicted octanol–water partition coefficient (Wildman–Crippen LogP) is 3.61. The molecule has 26 heavy (non-hydrogen) atoms. The lowest BCUT2D eigenvalue weighted by molar-refractivity contribution is -0.133. The van der Waals surface area contributed by atoms with Gasteiger partial charge in [0, 0.05) is 32.6 Å². The summed E-state index contributed by atoms with van der Waals surface area (Å²) in [5.74, 6) is 2.06. The van der Waals surface area contributed by atoms with Gasteiger partial charge in [0.15, 0.2) is 0 Å². The Balaban J connectivity index is 1.37. The van der Waals surface area contributed by atoms with E-state index in [4.69, 9.17) is 0 Å².